The molecule has 0 spiro atoms. The Kier molecular flexibility index (Phi) is 2.38. The number of hydrogen-bond donors (Lipinski definition) is 1. The number of rotatable bonds is 2. The van der Waals surface area contributed by atoms with Crippen molar-refractivity contribution in [2.24, 2.45) is 0 Å². The van der Waals surface area contributed by atoms with Crippen LogP contribution < -0.4 is 4.74 Å². The number of aliphatic hydroxyl groups excluding tert-OH is 1. The van der Waals surface area contributed by atoms with Crippen molar-refractivity contribution in [1.82, 2.24) is 9.97 Å². The highest BCUT2D eigenvalue weighted by Crippen LogP contribution is 2.15. The third-order valence-electron chi connectivity index (χ3n) is 1.47. The molecule has 60 valence electrons. The first-order valence-electron chi connectivity index (χ1n) is 3.25. The predicted octanol–water partition coefficient (Wildman–Crippen LogP) is 0.286. The Morgan fingerprint density at radius 2 is 2.27 bits per heavy atom. The minimum atomic E-state index is -0.0875. The van der Waals surface area contributed by atoms with Gasteiger partial charge in [0.1, 0.15) is 6.33 Å². The molecular weight excluding hydrogens is 144 g/mol. The molecule has 0 saturated heterocycles. The van der Waals surface area contributed by atoms with Gasteiger partial charge in [-0.05, 0) is 6.92 Å². The van der Waals surface area contributed by atoms with E-state index in [1.54, 1.807) is 6.92 Å². The van der Waals surface area contributed by atoms with E-state index in [4.69, 9.17) is 9.84 Å². The maximum Gasteiger partial charge on any atom is 0.221 e. The number of methoxy groups -OCH3 is 1. The highest BCUT2D eigenvalue weighted by Gasteiger charge is 2.05. The van der Waals surface area contributed by atoms with Gasteiger partial charge in [-0.15, -0.1) is 0 Å². The van der Waals surface area contributed by atoms with Crippen LogP contribution in [-0.2, 0) is 6.61 Å². The van der Waals surface area contributed by atoms with Crippen molar-refractivity contribution < 1.29 is 9.84 Å². The third kappa shape index (κ3) is 1.46. The molecule has 0 bridgehead atoms. The van der Waals surface area contributed by atoms with E-state index in [0.717, 1.165) is 5.69 Å². The zero-order valence-electron chi connectivity index (χ0n) is 6.53. The first kappa shape index (κ1) is 7.94. The Balaban J connectivity index is 3.13. The molecule has 1 aromatic rings. The van der Waals surface area contributed by atoms with Gasteiger partial charge in [0.05, 0.1) is 25.0 Å². The lowest BCUT2D eigenvalue weighted by Crippen LogP contribution is -1.99. The Morgan fingerprint density at radius 1 is 1.55 bits per heavy atom. The van der Waals surface area contributed by atoms with Crippen molar-refractivity contribution in [2.75, 3.05) is 7.11 Å². The van der Waals surface area contributed by atoms with E-state index in [9.17, 15) is 0 Å². The van der Waals surface area contributed by atoms with Gasteiger partial charge in [0.2, 0.25) is 5.88 Å². The van der Waals surface area contributed by atoms with Crippen LogP contribution in [0.3, 0.4) is 0 Å². The van der Waals surface area contributed by atoms with Gasteiger partial charge in [-0.1, -0.05) is 0 Å². The average molecular weight is 154 g/mol. The first-order valence-corrected chi connectivity index (χ1v) is 3.25. The van der Waals surface area contributed by atoms with Gasteiger partial charge < -0.3 is 9.84 Å². The fraction of sp³-hybridized carbons (Fsp3) is 0.429. The second-order valence-electron chi connectivity index (χ2n) is 2.11. The van der Waals surface area contributed by atoms with Crippen molar-refractivity contribution in [3.8, 4) is 5.88 Å². The summed E-state index contributed by atoms with van der Waals surface area (Å²) in [4.78, 5) is 7.74. The molecule has 11 heavy (non-hydrogen) atoms. The SMILES string of the molecule is COc1ncnc(C)c1CO. The first-order chi connectivity index (χ1) is 5.29. The molecule has 0 aliphatic heterocycles. The molecule has 1 aromatic heterocycles. The van der Waals surface area contributed by atoms with Crippen LogP contribution in [0.1, 0.15) is 11.3 Å². The monoisotopic (exact) mass is 154 g/mol. The smallest absolute Gasteiger partial charge is 0.221 e. The molecular formula is C7H10N2O2. The summed E-state index contributed by atoms with van der Waals surface area (Å²) in [6.45, 7) is 1.71. The zero-order chi connectivity index (χ0) is 8.27. The van der Waals surface area contributed by atoms with Crippen LogP contribution in [0.25, 0.3) is 0 Å². The number of aryl methyl sites for hydroxylation is 1. The second-order valence-corrected chi connectivity index (χ2v) is 2.11. The number of hydrogen-bond acceptors (Lipinski definition) is 4. The Hall–Kier alpha value is -1.16. The van der Waals surface area contributed by atoms with E-state index in [0.29, 0.717) is 11.4 Å². The lowest BCUT2D eigenvalue weighted by atomic mass is 10.2. The highest BCUT2D eigenvalue weighted by atomic mass is 16.5. The molecule has 0 aliphatic carbocycles. The summed E-state index contributed by atoms with van der Waals surface area (Å²) in [5.74, 6) is 0.444. The Bertz CT molecular complexity index is 250. The number of nitrogens with zero attached hydrogens (tertiary/aromatic N) is 2. The molecule has 0 unspecified atom stereocenters. The summed E-state index contributed by atoms with van der Waals surface area (Å²) in [6, 6.07) is 0. The standard InChI is InChI=1S/C7H10N2O2/c1-5-6(3-10)7(11-2)9-4-8-5/h4,10H,3H2,1-2H3. The average Bonchev–Trinajstić information content (AvgIpc) is 2.04. The molecule has 0 radical (unpaired) electrons. The van der Waals surface area contributed by atoms with Crippen LogP contribution in [0.5, 0.6) is 5.88 Å². The number of aliphatic hydroxyl groups is 1. The summed E-state index contributed by atoms with van der Waals surface area (Å²) in [5.41, 5.74) is 1.40. The van der Waals surface area contributed by atoms with Gasteiger partial charge in [-0.2, -0.15) is 0 Å². The van der Waals surface area contributed by atoms with Crippen molar-refractivity contribution in [3.05, 3.63) is 17.6 Å². The van der Waals surface area contributed by atoms with Crippen molar-refractivity contribution in [1.29, 1.82) is 0 Å². The third-order valence-corrected chi connectivity index (χ3v) is 1.47. The van der Waals surface area contributed by atoms with E-state index in [-0.39, 0.29) is 6.61 Å². The minimum Gasteiger partial charge on any atom is -0.481 e. The van der Waals surface area contributed by atoms with Gasteiger partial charge in [-0.3, -0.25) is 0 Å². The quantitative estimate of drug-likeness (QED) is 0.665. The van der Waals surface area contributed by atoms with Crippen LogP contribution in [0.4, 0.5) is 0 Å². The Morgan fingerprint density at radius 3 is 2.73 bits per heavy atom. The van der Waals surface area contributed by atoms with Crippen LogP contribution >= 0.6 is 0 Å². The lowest BCUT2D eigenvalue weighted by Gasteiger charge is -2.05. The Labute approximate surface area is 64.9 Å². The van der Waals surface area contributed by atoms with E-state index >= 15 is 0 Å². The summed E-state index contributed by atoms with van der Waals surface area (Å²) in [5, 5.41) is 8.87. The molecule has 1 heterocycles. The van der Waals surface area contributed by atoms with Gasteiger partial charge >= 0.3 is 0 Å². The normalized spacial score (nSPS) is 9.73. The molecule has 0 atom stereocenters. The van der Waals surface area contributed by atoms with E-state index in [1.807, 2.05) is 0 Å². The van der Waals surface area contributed by atoms with Gasteiger partial charge in [-0.25, -0.2) is 9.97 Å². The van der Waals surface area contributed by atoms with Gasteiger partial charge in [0.25, 0.3) is 0 Å². The van der Waals surface area contributed by atoms with Crippen molar-refractivity contribution >= 4 is 0 Å². The largest absolute Gasteiger partial charge is 0.481 e. The molecule has 4 heteroatoms. The van der Waals surface area contributed by atoms with Gasteiger partial charge in [0, 0.05) is 0 Å². The lowest BCUT2D eigenvalue weighted by molar-refractivity contribution is 0.269. The fourth-order valence-corrected chi connectivity index (χ4v) is 0.836. The topological polar surface area (TPSA) is 55.2 Å². The molecule has 4 nitrogen and oxygen atoms in total. The van der Waals surface area contributed by atoms with Crippen LogP contribution in [-0.4, -0.2) is 22.2 Å². The molecule has 1 rings (SSSR count). The van der Waals surface area contributed by atoms with E-state index < -0.39 is 0 Å². The molecule has 0 fully saturated rings. The molecule has 0 saturated carbocycles. The van der Waals surface area contributed by atoms with Crippen LogP contribution in [0, 0.1) is 6.92 Å². The second kappa shape index (κ2) is 3.30. The van der Waals surface area contributed by atoms with Gasteiger partial charge in [0.15, 0.2) is 0 Å². The summed E-state index contributed by atoms with van der Waals surface area (Å²) < 4.78 is 4.91. The van der Waals surface area contributed by atoms with Crippen LogP contribution in [0.15, 0.2) is 6.33 Å². The minimum absolute atomic E-state index is 0.0875. The molecule has 1 N–H and O–H groups in total. The van der Waals surface area contributed by atoms with E-state index in [1.165, 1.54) is 13.4 Å². The highest BCUT2D eigenvalue weighted by molar-refractivity contribution is 5.27. The maximum atomic E-state index is 8.87. The summed E-state index contributed by atoms with van der Waals surface area (Å²) >= 11 is 0. The van der Waals surface area contributed by atoms with Crippen molar-refractivity contribution in [3.63, 3.8) is 0 Å². The summed E-state index contributed by atoms with van der Waals surface area (Å²) in [7, 11) is 1.51. The zero-order valence-corrected chi connectivity index (χ0v) is 6.53. The molecule has 0 aliphatic rings. The molecule has 0 amide bonds. The van der Waals surface area contributed by atoms with Crippen molar-refractivity contribution in [2.45, 2.75) is 13.5 Å². The van der Waals surface area contributed by atoms with Crippen LogP contribution in [0.2, 0.25) is 0 Å². The number of aromatic nitrogens is 2. The fourth-order valence-electron chi connectivity index (χ4n) is 0.836. The molecule has 0 aromatic carbocycles. The summed E-state index contributed by atoms with van der Waals surface area (Å²) in [6.07, 6.45) is 1.41. The number of ether oxygens (including phenoxy) is 1. The van der Waals surface area contributed by atoms with E-state index in [2.05, 4.69) is 9.97 Å². The predicted molar refractivity (Wildman–Crippen MR) is 39.2 cm³/mol. The maximum absolute atomic E-state index is 8.87.